The Morgan fingerprint density at radius 3 is 2.22 bits per heavy atom. The van der Waals surface area contributed by atoms with Crippen molar-refractivity contribution < 1.29 is 13.0 Å². The van der Waals surface area contributed by atoms with Gasteiger partial charge in [0.05, 0.1) is 0 Å². The van der Waals surface area contributed by atoms with Crippen molar-refractivity contribution in [2.24, 2.45) is 0 Å². The van der Waals surface area contributed by atoms with Crippen molar-refractivity contribution in [1.29, 1.82) is 0 Å². The molecule has 0 aliphatic rings. The van der Waals surface area contributed by atoms with E-state index in [1.54, 1.807) is 48.5 Å². The number of benzene rings is 2. The van der Waals surface area contributed by atoms with Gasteiger partial charge in [-0.1, -0.05) is 54.6 Å². The number of hydrogen-bond donors (Lipinski definition) is 1. The van der Waals surface area contributed by atoms with Gasteiger partial charge in [0, 0.05) is 0 Å². The zero-order valence-electron chi connectivity index (χ0n) is 9.45. The van der Waals surface area contributed by atoms with Crippen molar-refractivity contribution in [3.8, 4) is 0 Å². The topological polar surface area (TPSA) is 54.4 Å². The standard InChI is InChI=1S/C14H11O3S/c15-18(16,17)14(13-9-5-2-6-10-13)11-12-7-3-1-4-8-12/h1,3-11H,(H,15,16,17). The second-order valence-electron chi connectivity index (χ2n) is 3.68. The minimum Gasteiger partial charge on any atom is -0.282 e. The van der Waals surface area contributed by atoms with E-state index >= 15 is 0 Å². The van der Waals surface area contributed by atoms with Gasteiger partial charge in [-0.05, 0) is 23.3 Å². The van der Waals surface area contributed by atoms with Crippen LogP contribution in [0.2, 0.25) is 0 Å². The fraction of sp³-hybridized carbons (Fsp3) is 0. The Labute approximate surface area is 106 Å². The summed E-state index contributed by atoms with van der Waals surface area (Å²) >= 11 is 0. The van der Waals surface area contributed by atoms with E-state index in [1.807, 2.05) is 6.07 Å². The Morgan fingerprint density at radius 1 is 1.06 bits per heavy atom. The summed E-state index contributed by atoms with van der Waals surface area (Å²) in [5.41, 5.74) is 1.14. The summed E-state index contributed by atoms with van der Waals surface area (Å²) in [6.45, 7) is 0. The van der Waals surface area contributed by atoms with Crippen molar-refractivity contribution in [1.82, 2.24) is 0 Å². The first-order valence-corrected chi connectivity index (χ1v) is 6.72. The molecule has 0 aliphatic heterocycles. The quantitative estimate of drug-likeness (QED) is 0.681. The van der Waals surface area contributed by atoms with Crippen LogP contribution in [-0.4, -0.2) is 13.0 Å². The van der Waals surface area contributed by atoms with Gasteiger partial charge < -0.3 is 0 Å². The molecule has 2 aromatic rings. The molecule has 0 unspecified atom stereocenters. The SMILES string of the molecule is O=S(=O)(O)C(=Cc1ccccc1)c1cc[c]cc1. The summed E-state index contributed by atoms with van der Waals surface area (Å²) in [6, 6.07) is 18.1. The van der Waals surface area contributed by atoms with Crippen molar-refractivity contribution in [2.45, 2.75) is 0 Å². The van der Waals surface area contributed by atoms with E-state index in [9.17, 15) is 13.0 Å². The van der Waals surface area contributed by atoms with E-state index in [1.165, 1.54) is 6.08 Å². The monoisotopic (exact) mass is 259 g/mol. The van der Waals surface area contributed by atoms with Gasteiger partial charge in [0.2, 0.25) is 0 Å². The number of hydrogen-bond acceptors (Lipinski definition) is 2. The maximum atomic E-state index is 11.4. The molecule has 0 spiro atoms. The Kier molecular flexibility index (Phi) is 3.60. The third kappa shape index (κ3) is 3.06. The molecule has 0 amide bonds. The van der Waals surface area contributed by atoms with E-state index in [-0.39, 0.29) is 4.91 Å². The van der Waals surface area contributed by atoms with Crippen LogP contribution in [0.3, 0.4) is 0 Å². The van der Waals surface area contributed by atoms with Crippen LogP contribution in [0.5, 0.6) is 0 Å². The average Bonchev–Trinajstić information content (AvgIpc) is 2.37. The van der Waals surface area contributed by atoms with Gasteiger partial charge in [0.15, 0.2) is 0 Å². The van der Waals surface area contributed by atoms with Crippen LogP contribution in [0.1, 0.15) is 11.1 Å². The molecule has 18 heavy (non-hydrogen) atoms. The summed E-state index contributed by atoms with van der Waals surface area (Å²) in [5, 5.41) is 0. The highest BCUT2D eigenvalue weighted by Crippen LogP contribution is 2.22. The Balaban J connectivity index is 2.56. The maximum Gasteiger partial charge on any atom is 0.295 e. The van der Waals surface area contributed by atoms with E-state index in [0.717, 1.165) is 0 Å². The molecule has 91 valence electrons. The van der Waals surface area contributed by atoms with Crippen LogP contribution < -0.4 is 0 Å². The highest BCUT2D eigenvalue weighted by Gasteiger charge is 2.15. The van der Waals surface area contributed by atoms with Gasteiger partial charge in [-0.2, -0.15) is 8.42 Å². The van der Waals surface area contributed by atoms with Crippen molar-refractivity contribution in [3.05, 3.63) is 71.8 Å². The third-order valence-corrected chi connectivity index (χ3v) is 3.29. The second kappa shape index (κ2) is 5.16. The molecule has 1 N–H and O–H groups in total. The number of rotatable bonds is 3. The molecule has 4 heteroatoms. The van der Waals surface area contributed by atoms with Gasteiger partial charge in [-0.3, -0.25) is 4.55 Å². The summed E-state index contributed by atoms with van der Waals surface area (Å²) in [5.74, 6) is 0. The first-order valence-electron chi connectivity index (χ1n) is 5.28. The lowest BCUT2D eigenvalue weighted by molar-refractivity contribution is 0.496. The molecule has 0 fully saturated rings. The zero-order valence-corrected chi connectivity index (χ0v) is 10.3. The van der Waals surface area contributed by atoms with E-state index in [4.69, 9.17) is 0 Å². The fourth-order valence-corrected chi connectivity index (χ4v) is 2.28. The Hall–Kier alpha value is -1.91. The predicted molar refractivity (Wildman–Crippen MR) is 71.1 cm³/mol. The lowest BCUT2D eigenvalue weighted by atomic mass is 10.1. The molecule has 2 rings (SSSR count). The van der Waals surface area contributed by atoms with Gasteiger partial charge in [0.25, 0.3) is 10.1 Å². The van der Waals surface area contributed by atoms with Crippen LogP contribution in [0.4, 0.5) is 0 Å². The zero-order chi connectivity index (χ0) is 13.0. The highest BCUT2D eigenvalue weighted by atomic mass is 32.2. The minimum absolute atomic E-state index is 0.122. The Morgan fingerprint density at radius 2 is 1.67 bits per heavy atom. The van der Waals surface area contributed by atoms with E-state index in [2.05, 4.69) is 6.07 Å². The van der Waals surface area contributed by atoms with E-state index in [0.29, 0.717) is 11.1 Å². The van der Waals surface area contributed by atoms with Gasteiger partial charge >= 0.3 is 0 Å². The van der Waals surface area contributed by atoms with Gasteiger partial charge in [-0.25, -0.2) is 0 Å². The molecule has 0 atom stereocenters. The van der Waals surface area contributed by atoms with Crippen LogP contribution >= 0.6 is 0 Å². The molecular formula is C14H11O3S. The van der Waals surface area contributed by atoms with Gasteiger partial charge in [-0.15, -0.1) is 0 Å². The molecule has 0 heterocycles. The smallest absolute Gasteiger partial charge is 0.282 e. The highest BCUT2D eigenvalue weighted by molar-refractivity contribution is 7.95. The molecule has 0 aromatic heterocycles. The molecule has 2 aromatic carbocycles. The third-order valence-electron chi connectivity index (χ3n) is 2.38. The maximum absolute atomic E-state index is 11.4. The van der Waals surface area contributed by atoms with E-state index < -0.39 is 10.1 Å². The summed E-state index contributed by atoms with van der Waals surface area (Å²) in [7, 11) is -4.27. The second-order valence-corrected chi connectivity index (χ2v) is 5.07. The molecule has 0 bridgehead atoms. The van der Waals surface area contributed by atoms with Crippen LogP contribution in [-0.2, 0) is 10.1 Å². The van der Waals surface area contributed by atoms with Crippen LogP contribution in [0, 0.1) is 6.07 Å². The molecule has 0 saturated carbocycles. The van der Waals surface area contributed by atoms with Crippen molar-refractivity contribution >= 4 is 21.1 Å². The Bertz CT molecular complexity index is 644. The van der Waals surface area contributed by atoms with Crippen molar-refractivity contribution in [3.63, 3.8) is 0 Å². The fourth-order valence-electron chi connectivity index (χ4n) is 1.56. The molecule has 0 aliphatic carbocycles. The predicted octanol–water partition coefficient (Wildman–Crippen LogP) is 2.87. The van der Waals surface area contributed by atoms with Gasteiger partial charge in [0.1, 0.15) is 4.91 Å². The summed E-state index contributed by atoms with van der Waals surface area (Å²) in [4.78, 5) is -0.122. The molecular weight excluding hydrogens is 248 g/mol. The molecule has 3 nitrogen and oxygen atoms in total. The molecule has 1 radical (unpaired) electrons. The van der Waals surface area contributed by atoms with Crippen LogP contribution in [0.25, 0.3) is 11.0 Å². The average molecular weight is 259 g/mol. The van der Waals surface area contributed by atoms with Crippen molar-refractivity contribution in [2.75, 3.05) is 0 Å². The largest absolute Gasteiger partial charge is 0.295 e. The normalized spacial score (nSPS) is 12.4. The summed E-state index contributed by atoms with van der Waals surface area (Å²) < 4.78 is 32.1. The van der Waals surface area contributed by atoms with Crippen LogP contribution in [0.15, 0.2) is 54.6 Å². The first-order chi connectivity index (χ1) is 8.57. The minimum atomic E-state index is -4.27. The first kappa shape index (κ1) is 12.5. The lowest BCUT2D eigenvalue weighted by Gasteiger charge is -2.04. The lowest BCUT2D eigenvalue weighted by Crippen LogP contribution is -2.00. The summed E-state index contributed by atoms with van der Waals surface area (Å²) in [6.07, 6.45) is 1.44. The molecule has 0 saturated heterocycles.